The molecule has 0 spiro atoms. The van der Waals surface area contributed by atoms with Crippen LogP contribution in [0.25, 0.3) is 0 Å². The number of amides is 1. The number of nitrogens with one attached hydrogen (secondary N) is 1. The molecule has 5 nitrogen and oxygen atoms in total. The summed E-state index contributed by atoms with van der Waals surface area (Å²) in [6, 6.07) is 0.976. The summed E-state index contributed by atoms with van der Waals surface area (Å²) in [5.74, 6) is 0.693. The maximum Gasteiger partial charge on any atom is 0.233 e. The minimum atomic E-state index is 0.202. The molecular formula is C13H21N3O2S. The normalized spacial score (nSPS) is 30.5. The van der Waals surface area contributed by atoms with E-state index in [0.29, 0.717) is 31.1 Å². The van der Waals surface area contributed by atoms with Gasteiger partial charge in [-0.2, -0.15) is 0 Å². The summed E-state index contributed by atoms with van der Waals surface area (Å²) in [5, 5.41) is 4.44. The first kappa shape index (κ1) is 13.2. The van der Waals surface area contributed by atoms with Crippen LogP contribution < -0.4 is 5.32 Å². The van der Waals surface area contributed by atoms with E-state index >= 15 is 0 Å². The summed E-state index contributed by atoms with van der Waals surface area (Å²) < 4.78 is 5.26. The molecule has 1 aliphatic carbocycles. The molecule has 3 rings (SSSR count). The number of thioether (sulfide) groups is 1. The van der Waals surface area contributed by atoms with E-state index in [0.717, 1.165) is 18.3 Å². The second-order valence-corrected chi connectivity index (χ2v) is 6.28. The van der Waals surface area contributed by atoms with Gasteiger partial charge >= 0.3 is 0 Å². The molecule has 1 N–H and O–H groups in total. The van der Waals surface area contributed by atoms with Crippen molar-refractivity contribution in [3.63, 3.8) is 0 Å². The lowest BCUT2D eigenvalue weighted by atomic mass is 9.92. The van der Waals surface area contributed by atoms with E-state index < -0.39 is 0 Å². The van der Waals surface area contributed by atoms with E-state index in [4.69, 9.17) is 9.73 Å². The summed E-state index contributed by atoms with van der Waals surface area (Å²) in [7, 11) is 0. The van der Waals surface area contributed by atoms with E-state index in [1.807, 2.05) is 4.90 Å². The number of hydrogen-bond donors (Lipinski definition) is 1. The Kier molecular flexibility index (Phi) is 4.28. The Labute approximate surface area is 118 Å². The highest BCUT2D eigenvalue weighted by Gasteiger charge is 2.31. The van der Waals surface area contributed by atoms with Crippen molar-refractivity contribution in [3.8, 4) is 0 Å². The summed E-state index contributed by atoms with van der Waals surface area (Å²) in [6.45, 7) is 2.79. The number of carbonyl (C=O) groups excluding carboxylic acids is 1. The van der Waals surface area contributed by atoms with Crippen LogP contribution in [0.1, 0.15) is 25.7 Å². The second kappa shape index (κ2) is 6.13. The number of ether oxygens (including phenoxy) is 1. The van der Waals surface area contributed by atoms with Gasteiger partial charge in [-0.3, -0.25) is 9.79 Å². The van der Waals surface area contributed by atoms with Crippen LogP contribution >= 0.6 is 11.8 Å². The van der Waals surface area contributed by atoms with Gasteiger partial charge in [-0.15, -0.1) is 0 Å². The van der Waals surface area contributed by atoms with Gasteiger partial charge in [0.05, 0.1) is 31.1 Å². The van der Waals surface area contributed by atoms with Crippen molar-refractivity contribution >= 4 is 22.8 Å². The Morgan fingerprint density at radius 1 is 1.37 bits per heavy atom. The van der Waals surface area contributed by atoms with Crippen LogP contribution in [0.5, 0.6) is 0 Å². The minimum Gasteiger partial charge on any atom is -0.378 e. The fraction of sp³-hybridized carbons (Fsp3) is 0.846. The zero-order valence-corrected chi connectivity index (χ0v) is 12.0. The summed E-state index contributed by atoms with van der Waals surface area (Å²) in [4.78, 5) is 18.6. The van der Waals surface area contributed by atoms with Crippen molar-refractivity contribution in [2.75, 3.05) is 32.1 Å². The molecular weight excluding hydrogens is 262 g/mol. The van der Waals surface area contributed by atoms with E-state index in [1.54, 1.807) is 11.8 Å². The standard InChI is InChI=1S/C13H21N3O2S/c17-12(16-5-7-18-8-6-16)9-19-13-14-10-3-1-2-4-11(10)15-13/h10-11H,1-9H2,(H,14,15)/t10-,11?/m1/s1. The third-order valence-corrected chi connectivity index (χ3v) is 4.91. The lowest BCUT2D eigenvalue weighted by Crippen LogP contribution is -2.42. The highest BCUT2D eigenvalue weighted by Crippen LogP contribution is 2.27. The lowest BCUT2D eigenvalue weighted by molar-refractivity contribution is -0.132. The molecule has 106 valence electrons. The molecule has 2 atom stereocenters. The molecule has 3 aliphatic rings. The van der Waals surface area contributed by atoms with Crippen molar-refractivity contribution in [2.45, 2.75) is 37.8 Å². The fourth-order valence-electron chi connectivity index (χ4n) is 2.89. The number of carbonyl (C=O) groups is 1. The minimum absolute atomic E-state index is 0.202. The highest BCUT2D eigenvalue weighted by molar-refractivity contribution is 8.14. The summed E-state index contributed by atoms with van der Waals surface area (Å²) in [5.41, 5.74) is 0. The monoisotopic (exact) mass is 283 g/mol. The third-order valence-electron chi connectivity index (χ3n) is 4.02. The number of morpholine rings is 1. The molecule has 2 aliphatic heterocycles. The molecule has 0 aromatic rings. The second-order valence-electron chi connectivity index (χ2n) is 5.32. The first-order chi connectivity index (χ1) is 9.33. The number of nitrogens with zero attached hydrogens (tertiary/aromatic N) is 2. The van der Waals surface area contributed by atoms with Crippen molar-refractivity contribution in [1.29, 1.82) is 0 Å². The molecule has 1 saturated heterocycles. The Hall–Kier alpha value is -0.750. The van der Waals surface area contributed by atoms with E-state index in [9.17, 15) is 4.79 Å². The average molecular weight is 283 g/mol. The summed E-state index contributed by atoms with van der Waals surface area (Å²) in [6.07, 6.45) is 5.00. The van der Waals surface area contributed by atoms with Gasteiger partial charge in [0, 0.05) is 13.1 Å². The molecule has 19 heavy (non-hydrogen) atoms. The van der Waals surface area contributed by atoms with E-state index in [2.05, 4.69) is 5.32 Å². The molecule has 0 bridgehead atoms. The fourth-order valence-corrected chi connectivity index (χ4v) is 3.78. The van der Waals surface area contributed by atoms with Crippen LogP contribution in [-0.4, -0.2) is 60.1 Å². The zero-order chi connectivity index (χ0) is 13.1. The maximum atomic E-state index is 12.0. The smallest absolute Gasteiger partial charge is 0.233 e. The Bertz CT molecular complexity index is 369. The zero-order valence-electron chi connectivity index (χ0n) is 11.1. The largest absolute Gasteiger partial charge is 0.378 e. The van der Waals surface area contributed by atoms with Gasteiger partial charge in [-0.25, -0.2) is 0 Å². The predicted molar refractivity (Wildman–Crippen MR) is 76.5 cm³/mol. The van der Waals surface area contributed by atoms with Crippen molar-refractivity contribution in [2.24, 2.45) is 4.99 Å². The van der Waals surface area contributed by atoms with Crippen LogP contribution in [0.4, 0.5) is 0 Å². The number of fused-ring (bicyclic) bond motifs is 1. The maximum absolute atomic E-state index is 12.0. The quantitative estimate of drug-likeness (QED) is 0.816. The van der Waals surface area contributed by atoms with Crippen LogP contribution in [0.2, 0.25) is 0 Å². The van der Waals surface area contributed by atoms with Crippen molar-refractivity contribution in [3.05, 3.63) is 0 Å². The lowest BCUT2D eigenvalue weighted by Gasteiger charge is -2.26. The molecule has 0 aromatic heterocycles. The van der Waals surface area contributed by atoms with Crippen LogP contribution in [0, 0.1) is 0 Å². The van der Waals surface area contributed by atoms with Gasteiger partial charge in [0.1, 0.15) is 0 Å². The number of rotatable bonds is 2. The molecule has 2 fully saturated rings. The summed E-state index contributed by atoms with van der Waals surface area (Å²) >= 11 is 1.56. The Balaban J connectivity index is 1.45. The first-order valence-corrected chi connectivity index (χ1v) is 8.14. The first-order valence-electron chi connectivity index (χ1n) is 7.15. The number of hydrogen-bond acceptors (Lipinski definition) is 5. The van der Waals surface area contributed by atoms with Gasteiger partial charge in [0.2, 0.25) is 5.91 Å². The average Bonchev–Trinajstić information content (AvgIpc) is 2.88. The number of amidine groups is 1. The van der Waals surface area contributed by atoms with Gasteiger partial charge in [0.15, 0.2) is 5.17 Å². The Morgan fingerprint density at radius 3 is 2.95 bits per heavy atom. The van der Waals surface area contributed by atoms with Gasteiger partial charge in [0.25, 0.3) is 0 Å². The predicted octanol–water partition coefficient (Wildman–Crippen LogP) is 0.849. The van der Waals surface area contributed by atoms with E-state index in [-0.39, 0.29) is 5.91 Å². The topological polar surface area (TPSA) is 53.9 Å². The SMILES string of the molecule is O=C(CSC1=NC2CCCC[C@H]2N1)N1CCOCC1. The molecule has 1 unspecified atom stereocenters. The molecule has 1 amide bonds. The number of aliphatic imine (C=N–C) groups is 1. The Morgan fingerprint density at radius 2 is 2.16 bits per heavy atom. The molecule has 0 radical (unpaired) electrons. The van der Waals surface area contributed by atoms with Gasteiger partial charge in [-0.1, -0.05) is 24.6 Å². The van der Waals surface area contributed by atoms with Crippen LogP contribution in [0.3, 0.4) is 0 Å². The highest BCUT2D eigenvalue weighted by atomic mass is 32.2. The van der Waals surface area contributed by atoms with E-state index in [1.165, 1.54) is 25.7 Å². The van der Waals surface area contributed by atoms with Gasteiger partial charge < -0.3 is 15.0 Å². The third kappa shape index (κ3) is 3.23. The molecule has 6 heteroatoms. The van der Waals surface area contributed by atoms with Crippen LogP contribution in [-0.2, 0) is 9.53 Å². The van der Waals surface area contributed by atoms with Crippen molar-refractivity contribution in [1.82, 2.24) is 10.2 Å². The van der Waals surface area contributed by atoms with Gasteiger partial charge in [-0.05, 0) is 12.8 Å². The van der Waals surface area contributed by atoms with Crippen molar-refractivity contribution < 1.29 is 9.53 Å². The molecule has 0 aromatic carbocycles. The molecule has 2 heterocycles. The van der Waals surface area contributed by atoms with Crippen LogP contribution in [0.15, 0.2) is 4.99 Å². The molecule has 1 saturated carbocycles.